The van der Waals surface area contributed by atoms with E-state index in [0.29, 0.717) is 17.9 Å². The highest BCUT2D eigenvalue weighted by Gasteiger charge is 2.70. The molecular formula is C37H35N3O7S2. The number of rotatable bonds is 9. The normalized spacial score (nSPS) is 27.2. The number of carboxylic acids is 1. The fourth-order valence-electron chi connectivity index (χ4n) is 8.99. The van der Waals surface area contributed by atoms with Crippen LogP contribution in [0.25, 0.3) is 10.8 Å². The monoisotopic (exact) mass is 697 g/mol. The molecule has 7 unspecified atom stereocenters. The number of aromatic nitrogens is 1. The summed E-state index contributed by atoms with van der Waals surface area (Å²) in [5.74, 6) is -3.67. The Morgan fingerprint density at radius 1 is 0.980 bits per heavy atom. The van der Waals surface area contributed by atoms with Crippen LogP contribution in [0, 0.1) is 35.5 Å². The van der Waals surface area contributed by atoms with Crippen molar-refractivity contribution in [2.75, 3.05) is 11.9 Å². The highest BCUT2D eigenvalue weighted by Crippen LogP contribution is 2.69. The minimum absolute atomic E-state index is 0.0141. The number of aromatic amines is 1. The van der Waals surface area contributed by atoms with Gasteiger partial charge in [-0.1, -0.05) is 79.8 Å². The Bertz CT molecular complexity index is 2070. The van der Waals surface area contributed by atoms with Crippen molar-refractivity contribution in [1.82, 2.24) is 9.88 Å². The predicted molar refractivity (Wildman–Crippen MR) is 186 cm³/mol. The van der Waals surface area contributed by atoms with Crippen LogP contribution >= 0.6 is 23.1 Å². The lowest BCUT2D eigenvalue weighted by Crippen LogP contribution is -2.47. The van der Waals surface area contributed by atoms with E-state index in [-0.39, 0.29) is 70.5 Å². The number of nitrogens with one attached hydrogen (secondary N) is 2. The molecule has 49 heavy (non-hydrogen) atoms. The number of H-pyrrole nitrogens is 1. The van der Waals surface area contributed by atoms with Crippen molar-refractivity contribution in [3.8, 4) is 5.75 Å². The first-order chi connectivity index (χ1) is 23.6. The Hall–Kier alpha value is -4.42. The van der Waals surface area contributed by atoms with Gasteiger partial charge < -0.3 is 20.1 Å². The minimum Gasteiger partial charge on any atom is -0.483 e. The summed E-state index contributed by atoms with van der Waals surface area (Å²) in [5, 5.41) is 15.7. The number of thiazole rings is 1. The number of amides is 3. The quantitative estimate of drug-likeness (QED) is 0.192. The number of carboxylic acid groups (broad SMARTS) is 1. The third-order valence-corrected chi connectivity index (χ3v) is 13.3. The third-order valence-electron chi connectivity index (χ3n) is 10.7. The van der Waals surface area contributed by atoms with E-state index in [1.165, 1.54) is 0 Å². The van der Waals surface area contributed by atoms with Crippen molar-refractivity contribution >= 4 is 63.2 Å². The summed E-state index contributed by atoms with van der Waals surface area (Å²) in [5.41, 5.74) is 1.50. The predicted octanol–water partition coefficient (Wildman–Crippen LogP) is 5.58. The first-order valence-electron chi connectivity index (χ1n) is 16.6. The van der Waals surface area contributed by atoms with Crippen LogP contribution in [-0.4, -0.2) is 56.6 Å². The zero-order chi connectivity index (χ0) is 34.1. The molecule has 4 aromatic rings. The number of carbonyl (C=O) groups is 4. The summed E-state index contributed by atoms with van der Waals surface area (Å²) in [6.45, 7) is 3.53. The highest BCUT2D eigenvalue weighted by atomic mass is 32.2. The van der Waals surface area contributed by atoms with Gasteiger partial charge in [0.15, 0.2) is 6.61 Å². The molecule has 1 aromatic heterocycles. The summed E-state index contributed by atoms with van der Waals surface area (Å²) < 4.78 is 6.23. The first-order valence-corrected chi connectivity index (χ1v) is 18.3. The summed E-state index contributed by atoms with van der Waals surface area (Å²) in [4.78, 5) is 71.0. The maximum absolute atomic E-state index is 14.1. The van der Waals surface area contributed by atoms with Crippen molar-refractivity contribution in [1.29, 1.82) is 0 Å². The Morgan fingerprint density at radius 2 is 1.69 bits per heavy atom. The molecule has 2 aliphatic heterocycles. The molecule has 3 amide bonds. The van der Waals surface area contributed by atoms with Crippen molar-refractivity contribution in [3.05, 3.63) is 86.8 Å². The van der Waals surface area contributed by atoms with Gasteiger partial charge in [0, 0.05) is 32.7 Å². The van der Waals surface area contributed by atoms with Gasteiger partial charge in [-0.3, -0.25) is 24.1 Å². The lowest BCUT2D eigenvalue weighted by molar-refractivity contribution is -0.156. The van der Waals surface area contributed by atoms with E-state index in [4.69, 9.17) is 4.74 Å². The Labute approximate surface area is 290 Å². The average molecular weight is 698 g/mol. The van der Waals surface area contributed by atoms with Gasteiger partial charge in [-0.2, -0.15) is 0 Å². The van der Waals surface area contributed by atoms with E-state index < -0.39 is 23.8 Å². The second-order valence-corrected chi connectivity index (χ2v) is 16.1. The second kappa shape index (κ2) is 12.2. The number of hydrogen-bond donors (Lipinski definition) is 3. The van der Waals surface area contributed by atoms with Gasteiger partial charge in [0.1, 0.15) is 11.8 Å². The van der Waals surface area contributed by atoms with Gasteiger partial charge in [0.25, 0.3) is 5.91 Å². The fourth-order valence-corrected chi connectivity index (χ4v) is 11.9. The number of fused-ring (bicyclic) bond motifs is 10. The van der Waals surface area contributed by atoms with E-state index in [1.807, 2.05) is 80.6 Å². The molecule has 12 heteroatoms. The number of para-hydroxylation sites is 1. The lowest BCUT2D eigenvalue weighted by Gasteiger charge is -2.43. The van der Waals surface area contributed by atoms with Gasteiger partial charge >= 0.3 is 10.8 Å². The zero-order valence-corrected chi connectivity index (χ0v) is 28.5. The zero-order valence-electron chi connectivity index (χ0n) is 26.8. The fraction of sp³-hybridized carbons (Fsp3) is 0.378. The van der Waals surface area contributed by atoms with Crippen molar-refractivity contribution in [2.24, 2.45) is 35.5 Å². The lowest BCUT2D eigenvalue weighted by atomic mass is 9.68. The van der Waals surface area contributed by atoms with Crippen LogP contribution in [0.4, 0.5) is 5.69 Å². The first kappa shape index (κ1) is 31.8. The number of aliphatic carboxylic acids is 1. The third kappa shape index (κ3) is 5.18. The van der Waals surface area contributed by atoms with Crippen LogP contribution in [0.3, 0.4) is 0 Å². The molecule has 1 saturated heterocycles. The molecule has 3 N–H and O–H groups in total. The highest BCUT2D eigenvalue weighted by molar-refractivity contribution is 8.00. The number of imide groups is 1. The standard InChI is InChI=1S/C37H35N3O7S2/c1-17(2)14-24(36(44)45)40-34(42)29-21-15-22(30(29)35(40)43)31-28(21)27(32-33(48-31)39-37(46)49-32)20-11-5-6-13-25(20)47-16-26(41)38-23-12-7-9-18-8-3-4-10-19(18)23/h3-13,17,21-22,24,27-31H,14-16H2,1-2H3,(H,38,41)(H,39,46)(H,44,45)/t21?,22?,24?,27-,28?,29?,30?,31?/m1/s1. The molecule has 8 rings (SSSR count). The van der Waals surface area contributed by atoms with Crippen LogP contribution in [-0.2, 0) is 19.2 Å². The van der Waals surface area contributed by atoms with Gasteiger partial charge in [-0.15, -0.1) is 11.8 Å². The number of carbonyl (C=O) groups excluding carboxylic acids is 3. The SMILES string of the molecule is CC(C)CC(C(=O)O)N1C(=O)C2C3CC(C2C1=O)C1C3Sc2[nH]c(=O)sc2[C@@H]1c1ccccc1OCC(=O)Nc1cccc2ccccc12. The van der Waals surface area contributed by atoms with E-state index in [0.717, 1.165) is 42.5 Å². The van der Waals surface area contributed by atoms with Crippen LogP contribution in [0.2, 0.25) is 0 Å². The number of benzene rings is 3. The molecule has 0 spiro atoms. The topological polar surface area (TPSA) is 146 Å². The smallest absolute Gasteiger partial charge is 0.326 e. The van der Waals surface area contributed by atoms with Crippen molar-refractivity contribution in [3.63, 3.8) is 0 Å². The van der Waals surface area contributed by atoms with Gasteiger partial charge in [0.2, 0.25) is 11.8 Å². The average Bonchev–Trinajstić information content (AvgIpc) is 3.82. The maximum atomic E-state index is 14.1. The molecule has 2 bridgehead atoms. The molecule has 3 heterocycles. The van der Waals surface area contributed by atoms with Gasteiger partial charge in [-0.25, -0.2) is 4.79 Å². The maximum Gasteiger partial charge on any atom is 0.326 e. The number of nitrogens with zero attached hydrogens (tertiary/aromatic N) is 1. The molecular weight excluding hydrogens is 663 g/mol. The summed E-state index contributed by atoms with van der Waals surface area (Å²) in [6.07, 6.45) is 0.875. The number of ether oxygens (including phenoxy) is 1. The van der Waals surface area contributed by atoms with Gasteiger partial charge in [0.05, 0.1) is 16.9 Å². The molecule has 10 nitrogen and oxygen atoms in total. The van der Waals surface area contributed by atoms with Crippen LogP contribution < -0.4 is 14.9 Å². The summed E-state index contributed by atoms with van der Waals surface area (Å²) >= 11 is 2.71. The Balaban J connectivity index is 1.10. The molecule has 2 aliphatic carbocycles. The molecule has 0 radical (unpaired) electrons. The molecule has 3 aromatic carbocycles. The molecule has 4 aliphatic rings. The van der Waals surface area contributed by atoms with E-state index in [1.54, 1.807) is 11.8 Å². The Morgan fingerprint density at radius 3 is 2.47 bits per heavy atom. The van der Waals surface area contributed by atoms with Gasteiger partial charge in [-0.05, 0) is 54.0 Å². The number of anilines is 1. The van der Waals surface area contributed by atoms with Crippen LogP contribution in [0.5, 0.6) is 5.75 Å². The molecule has 2 saturated carbocycles. The summed E-state index contributed by atoms with van der Waals surface area (Å²) in [6, 6.07) is 19.8. The van der Waals surface area contributed by atoms with E-state index >= 15 is 0 Å². The van der Waals surface area contributed by atoms with Crippen LogP contribution in [0.1, 0.15) is 43.0 Å². The van der Waals surface area contributed by atoms with Crippen molar-refractivity contribution < 1.29 is 29.0 Å². The van der Waals surface area contributed by atoms with Crippen molar-refractivity contribution in [2.45, 2.75) is 48.9 Å². The van der Waals surface area contributed by atoms with E-state index in [9.17, 15) is 29.1 Å². The number of likely N-dealkylation sites (tertiary alicyclic amines) is 1. The number of thioether (sulfide) groups is 1. The van der Waals surface area contributed by atoms with E-state index in [2.05, 4.69) is 10.3 Å². The van der Waals surface area contributed by atoms with Crippen LogP contribution in [0.15, 0.2) is 76.6 Å². The molecule has 252 valence electrons. The Kier molecular flexibility index (Phi) is 7.90. The molecule has 8 atom stereocenters. The summed E-state index contributed by atoms with van der Waals surface area (Å²) in [7, 11) is 0. The minimum atomic E-state index is -1.19. The number of hydrogen-bond acceptors (Lipinski definition) is 8. The molecule has 3 fully saturated rings. The second-order valence-electron chi connectivity index (χ2n) is 13.9. The largest absolute Gasteiger partial charge is 0.483 e.